The summed E-state index contributed by atoms with van der Waals surface area (Å²) in [6, 6.07) is 19.1. The SMILES string of the molecule is Cc1nn(-c2ccccc2)c(C)c1NC(=O)CN1CCN(S(=O)(=O)/C=C/c2ccccc2)CC1. The number of amides is 1. The van der Waals surface area contributed by atoms with Crippen molar-refractivity contribution in [3.63, 3.8) is 0 Å². The van der Waals surface area contributed by atoms with E-state index in [1.165, 1.54) is 9.71 Å². The number of carbonyl (C=O) groups is 1. The second kappa shape index (κ2) is 10.3. The van der Waals surface area contributed by atoms with Gasteiger partial charge < -0.3 is 5.32 Å². The van der Waals surface area contributed by atoms with Crippen LogP contribution in [0.25, 0.3) is 11.8 Å². The van der Waals surface area contributed by atoms with E-state index >= 15 is 0 Å². The molecule has 178 valence electrons. The van der Waals surface area contributed by atoms with E-state index in [2.05, 4.69) is 10.4 Å². The summed E-state index contributed by atoms with van der Waals surface area (Å²) in [7, 11) is -3.50. The lowest BCUT2D eigenvalue weighted by atomic mass is 10.2. The average Bonchev–Trinajstić information content (AvgIpc) is 3.12. The summed E-state index contributed by atoms with van der Waals surface area (Å²) >= 11 is 0. The first-order valence-electron chi connectivity index (χ1n) is 11.2. The van der Waals surface area contributed by atoms with E-state index in [4.69, 9.17) is 0 Å². The van der Waals surface area contributed by atoms with Crippen LogP contribution in [0.15, 0.2) is 66.1 Å². The van der Waals surface area contributed by atoms with Gasteiger partial charge >= 0.3 is 0 Å². The van der Waals surface area contributed by atoms with Gasteiger partial charge in [-0.15, -0.1) is 0 Å². The number of hydrogen-bond acceptors (Lipinski definition) is 5. The maximum absolute atomic E-state index is 12.7. The summed E-state index contributed by atoms with van der Waals surface area (Å²) in [5.41, 5.74) is 4.08. The monoisotopic (exact) mass is 479 g/mol. The summed E-state index contributed by atoms with van der Waals surface area (Å²) in [6.07, 6.45) is 1.61. The van der Waals surface area contributed by atoms with Crippen molar-refractivity contribution >= 4 is 27.7 Å². The van der Waals surface area contributed by atoms with Crippen molar-refractivity contribution < 1.29 is 13.2 Å². The quantitative estimate of drug-likeness (QED) is 0.563. The highest BCUT2D eigenvalue weighted by molar-refractivity contribution is 7.92. The fraction of sp³-hybridized carbons (Fsp3) is 0.280. The highest BCUT2D eigenvalue weighted by atomic mass is 32.2. The number of aryl methyl sites for hydroxylation is 1. The molecular weight excluding hydrogens is 450 g/mol. The summed E-state index contributed by atoms with van der Waals surface area (Å²) in [5.74, 6) is -0.140. The molecule has 34 heavy (non-hydrogen) atoms. The van der Waals surface area contributed by atoms with Crippen LogP contribution in [0.2, 0.25) is 0 Å². The topological polar surface area (TPSA) is 87.5 Å². The highest BCUT2D eigenvalue weighted by Crippen LogP contribution is 2.23. The van der Waals surface area contributed by atoms with Gasteiger partial charge in [0, 0.05) is 31.6 Å². The number of anilines is 1. The van der Waals surface area contributed by atoms with Gasteiger partial charge in [-0.3, -0.25) is 9.69 Å². The Hall–Kier alpha value is -3.27. The zero-order chi connectivity index (χ0) is 24.1. The van der Waals surface area contributed by atoms with Gasteiger partial charge in [0.25, 0.3) is 0 Å². The zero-order valence-corrected chi connectivity index (χ0v) is 20.2. The van der Waals surface area contributed by atoms with Crippen molar-refractivity contribution in [2.75, 3.05) is 38.0 Å². The largest absolute Gasteiger partial charge is 0.322 e. The molecule has 2 aromatic carbocycles. The number of piperazine rings is 1. The lowest BCUT2D eigenvalue weighted by Crippen LogP contribution is -2.49. The van der Waals surface area contributed by atoms with Crippen molar-refractivity contribution in [2.24, 2.45) is 0 Å². The van der Waals surface area contributed by atoms with Crippen molar-refractivity contribution in [1.82, 2.24) is 19.0 Å². The Morgan fingerprint density at radius 3 is 2.24 bits per heavy atom. The molecule has 8 nitrogen and oxygen atoms in total. The minimum absolute atomic E-state index is 0.140. The number of nitrogens with one attached hydrogen (secondary N) is 1. The van der Waals surface area contributed by atoms with E-state index in [9.17, 15) is 13.2 Å². The normalized spacial score (nSPS) is 15.6. The molecule has 1 saturated heterocycles. The Morgan fingerprint density at radius 1 is 0.971 bits per heavy atom. The van der Waals surface area contributed by atoms with Crippen LogP contribution in [0.4, 0.5) is 5.69 Å². The fourth-order valence-electron chi connectivity index (χ4n) is 3.98. The molecule has 1 fully saturated rings. The van der Waals surface area contributed by atoms with Crippen LogP contribution in [-0.2, 0) is 14.8 Å². The molecule has 0 atom stereocenters. The maximum atomic E-state index is 12.7. The maximum Gasteiger partial charge on any atom is 0.238 e. The van der Waals surface area contributed by atoms with E-state index in [1.807, 2.05) is 84.1 Å². The third-order valence-corrected chi connectivity index (χ3v) is 7.41. The van der Waals surface area contributed by atoms with Gasteiger partial charge in [-0.05, 0) is 37.6 Å². The van der Waals surface area contributed by atoms with Crippen LogP contribution in [0.5, 0.6) is 0 Å². The first-order chi connectivity index (χ1) is 16.3. The summed E-state index contributed by atoms with van der Waals surface area (Å²) in [5, 5.41) is 8.80. The van der Waals surface area contributed by atoms with Gasteiger partial charge in [0.1, 0.15) is 0 Å². The van der Waals surface area contributed by atoms with Gasteiger partial charge in [-0.2, -0.15) is 9.40 Å². The number of rotatable bonds is 7. The number of benzene rings is 2. The molecule has 0 unspecified atom stereocenters. The summed E-state index contributed by atoms with van der Waals surface area (Å²) < 4.78 is 28.6. The molecule has 1 N–H and O–H groups in total. The molecule has 0 bridgehead atoms. The molecule has 4 rings (SSSR count). The van der Waals surface area contributed by atoms with Crippen molar-refractivity contribution in [3.05, 3.63) is 83.0 Å². The first-order valence-corrected chi connectivity index (χ1v) is 12.7. The third kappa shape index (κ3) is 5.61. The van der Waals surface area contributed by atoms with Crippen LogP contribution in [0.3, 0.4) is 0 Å². The van der Waals surface area contributed by atoms with E-state index < -0.39 is 10.0 Å². The van der Waals surface area contributed by atoms with Crippen LogP contribution < -0.4 is 5.32 Å². The lowest BCUT2D eigenvalue weighted by molar-refractivity contribution is -0.117. The third-order valence-electron chi connectivity index (χ3n) is 5.85. The number of para-hydroxylation sites is 1. The molecular formula is C25H29N5O3S. The number of nitrogens with zero attached hydrogens (tertiary/aromatic N) is 4. The zero-order valence-electron chi connectivity index (χ0n) is 19.4. The van der Waals surface area contributed by atoms with Gasteiger partial charge in [-0.25, -0.2) is 13.1 Å². The predicted octanol–water partition coefficient (Wildman–Crippen LogP) is 3.05. The van der Waals surface area contributed by atoms with Crippen molar-refractivity contribution in [1.29, 1.82) is 0 Å². The molecule has 0 aliphatic carbocycles. The van der Waals surface area contributed by atoms with Gasteiger partial charge in [0.15, 0.2) is 0 Å². The average molecular weight is 480 g/mol. The highest BCUT2D eigenvalue weighted by Gasteiger charge is 2.26. The number of carbonyl (C=O) groups excluding carboxylic acids is 1. The van der Waals surface area contributed by atoms with Gasteiger partial charge in [0.05, 0.1) is 29.3 Å². The number of aromatic nitrogens is 2. The molecule has 2 heterocycles. The van der Waals surface area contributed by atoms with Crippen molar-refractivity contribution in [2.45, 2.75) is 13.8 Å². The molecule has 0 spiro atoms. The minimum atomic E-state index is -3.50. The van der Waals surface area contributed by atoms with E-state index in [-0.39, 0.29) is 12.5 Å². The number of hydrogen-bond donors (Lipinski definition) is 1. The second-order valence-corrected chi connectivity index (χ2v) is 10.1. The Bertz CT molecular complexity index is 1260. The first kappa shape index (κ1) is 23.9. The Kier molecular flexibility index (Phi) is 7.26. The Labute approximate surface area is 200 Å². The minimum Gasteiger partial charge on any atom is -0.322 e. The van der Waals surface area contributed by atoms with Crippen LogP contribution in [-0.4, -0.2) is 66.0 Å². The number of sulfonamides is 1. The van der Waals surface area contributed by atoms with Crippen LogP contribution in [0.1, 0.15) is 17.0 Å². The van der Waals surface area contributed by atoms with Gasteiger partial charge in [0.2, 0.25) is 15.9 Å². The van der Waals surface area contributed by atoms with Crippen molar-refractivity contribution in [3.8, 4) is 5.69 Å². The fourth-order valence-corrected chi connectivity index (χ4v) is 5.16. The molecule has 0 saturated carbocycles. The van der Waals surface area contributed by atoms with Crippen LogP contribution in [0, 0.1) is 13.8 Å². The Morgan fingerprint density at radius 2 is 1.59 bits per heavy atom. The summed E-state index contributed by atoms with van der Waals surface area (Å²) in [6.45, 7) is 5.67. The molecule has 1 amide bonds. The second-order valence-electron chi connectivity index (χ2n) is 8.27. The smallest absolute Gasteiger partial charge is 0.238 e. The van der Waals surface area contributed by atoms with E-state index in [0.717, 1.165) is 22.6 Å². The summed E-state index contributed by atoms with van der Waals surface area (Å²) in [4.78, 5) is 14.7. The van der Waals surface area contributed by atoms with Crippen LogP contribution >= 0.6 is 0 Å². The molecule has 1 aromatic heterocycles. The predicted molar refractivity (Wildman–Crippen MR) is 134 cm³/mol. The molecule has 3 aromatic rings. The van der Waals surface area contributed by atoms with E-state index in [0.29, 0.717) is 31.9 Å². The Balaban J connectivity index is 1.32. The molecule has 1 aliphatic rings. The lowest BCUT2D eigenvalue weighted by Gasteiger charge is -2.32. The molecule has 0 radical (unpaired) electrons. The van der Waals surface area contributed by atoms with E-state index in [1.54, 1.807) is 6.08 Å². The molecule has 9 heteroatoms. The standard InChI is InChI=1S/C25H29N5O3S/c1-20-25(21(2)30(27-20)23-11-7-4-8-12-23)26-24(31)19-28-14-16-29(17-15-28)34(32,33)18-13-22-9-5-3-6-10-22/h3-13,18H,14-17,19H2,1-2H3,(H,26,31)/b18-13+. The molecule has 1 aliphatic heterocycles. The van der Waals surface area contributed by atoms with Gasteiger partial charge in [-0.1, -0.05) is 48.5 Å².